The van der Waals surface area contributed by atoms with Crippen LogP contribution in [0, 0.1) is 22.7 Å². The molecule has 11 aromatic rings. The summed E-state index contributed by atoms with van der Waals surface area (Å²) in [6.45, 7) is 2.19. The Balaban J connectivity index is 0.914. The summed E-state index contributed by atoms with van der Waals surface area (Å²) in [7, 11) is 0. The van der Waals surface area contributed by atoms with Gasteiger partial charge in [-0.1, -0.05) is 103 Å². The Hall–Kier alpha value is -9.62. The van der Waals surface area contributed by atoms with Crippen molar-refractivity contribution in [2.45, 2.75) is 13.3 Å². The molecule has 0 amide bonds. The van der Waals surface area contributed by atoms with E-state index in [0.717, 1.165) is 79.3 Å². The van der Waals surface area contributed by atoms with Crippen LogP contribution in [-0.4, -0.2) is 9.13 Å². The van der Waals surface area contributed by atoms with E-state index < -0.39 is 0 Å². The predicted molar refractivity (Wildman–Crippen MR) is 290 cm³/mol. The first-order valence-corrected chi connectivity index (χ1v) is 23.5. The van der Waals surface area contributed by atoms with E-state index >= 15 is 0 Å². The zero-order chi connectivity index (χ0) is 47.1. The number of fused-ring (bicyclic) bond motifs is 6. The molecule has 0 saturated carbocycles. The van der Waals surface area contributed by atoms with E-state index in [-0.39, 0.29) is 0 Å². The van der Waals surface area contributed by atoms with Crippen molar-refractivity contribution >= 4 is 83.4 Å². The molecule has 70 heavy (non-hydrogen) atoms. The summed E-state index contributed by atoms with van der Waals surface area (Å²) in [4.78, 5) is 4.53. The lowest BCUT2D eigenvalue weighted by Crippen LogP contribution is -2.10. The SMILES string of the molecule is CC1=CC=CC=C(n2c3ccccc3c3cc(N(c4ccc(C#N)cc4)c4ccc(-c5ccc(N(c6ccc(C#N)cc6)c6ccc7c(c6)c6ccccc6n7-c6ccccc6)cc5)cc4)ccc32)C1. The first-order chi connectivity index (χ1) is 34.5. The van der Waals surface area contributed by atoms with Crippen LogP contribution in [0.5, 0.6) is 0 Å². The van der Waals surface area contributed by atoms with Crippen LogP contribution in [0.4, 0.5) is 34.1 Å². The molecule has 6 nitrogen and oxygen atoms in total. The Morgan fingerprint density at radius 2 is 0.786 bits per heavy atom. The van der Waals surface area contributed by atoms with Gasteiger partial charge >= 0.3 is 0 Å². The van der Waals surface area contributed by atoms with Gasteiger partial charge in [-0.3, -0.25) is 0 Å². The molecule has 0 bridgehead atoms. The van der Waals surface area contributed by atoms with Gasteiger partial charge in [-0.25, -0.2) is 0 Å². The highest BCUT2D eigenvalue weighted by Crippen LogP contribution is 2.43. The summed E-state index contributed by atoms with van der Waals surface area (Å²) >= 11 is 0. The van der Waals surface area contributed by atoms with Crippen LogP contribution in [0.15, 0.2) is 242 Å². The number of benzene rings is 9. The molecule has 0 aliphatic heterocycles. The molecule has 0 radical (unpaired) electrons. The molecule has 0 spiro atoms. The average molecular weight is 897 g/mol. The van der Waals surface area contributed by atoms with Gasteiger partial charge in [0, 0.05) is 73.5 Å². The Kier molecular flexibility index (Phi) is 10.5. The number of nitrogens with zero attached hydrogens (tertiary/aromatic N) is 6. The standard InChI is InChI=1S/C64H44N6/c1-44-11-5-6-14-54(39-44)70-62-18-10-8-16-58(62)60-41-56(36-38-64(60)70)68(51-29-21-46(43-66)22-30-51)53-33-25-48(26-34-53)47-23-31-52(32-24-47)67(50-27-19-45(42-65)20-28-50)55-35-37-63-59(40-55)57-15-7-9-17-61(57)69(63)49-12-3-2-4-13-49/h2-38,40-41H,39H2,1H3. The summed E-state index contributed by atoms with van der Waals surface area (Å²) in [6, 6.07) is 78.8. The van der Waals surface area contributed by atoms with Crippen LogP contribution in [-0.2, 0) is 0 Å². The fourth-order valence-corrected chi connectivity index (χ4v) is 10.2. The number of para-hydroxylation sites is 3. The molecule has 6 heteroatoms. The molecule has 1 aliphatic carbocycles. The topological polar surface area (TPSA) is 63.9 Å². The monoisotopic (exact) mass is 896 g/mol. The number of nitriles is 2. The highest BCUT2D eigenvalue weighted by Gasteiger charge is 2.21. The quantitative estimate of drug-likeness (QED) is 0.145. The van der Waals surface area contributed by atoms with Gasteiger partial charge in [-0.2, -0.15) is 10.5 Å². The fourth-order valence-electron chi connectivity index (χ4n) is 10.2. The number of aromatic nitrogens is 2. The number of anilines is 6. The Labute approximate surface area is 406 Å². The van der Waals surface area contributed by atoms with Crippen molar-refractivity contribution in [1.29, 1.82) is 10.5 Å². The molecule has 2 heterocycles. The number of allylic oxidation sites excluding steroid dienone is 6. The molecule has 0 atom stereocenters. The van der Waals surface area contributed by atoms with Gasteiger partial charge in [0.25, 0.3) is 0 Å². The lowest BCUT2D eigenvalue weighted by Gasteiger charge is -2.26. The van der Waals surface area contributed by atoms with Crippen molar-refractivity contribution in [3.05, 3.63) is 253 Å². The average Bonchev–Trinajstić information content (AvgIpc) is 3.83. The second kappa shape index (κ2) is 17.6. The minimum atomic E-state index is 0.614. The summed E-state index contributed by atoms with van der Waals surface area (Å²) in [5, 5.41) is 24.1. The number of hydrogen-bond acceptors (Lipinski definition) is 4. The van der Waals surface area contributed by atoms with Crippen LogP contribution in [0.1, 0.15) is 24.5 Å². The van der Waals surface area contributed by atoms with E-state index in [4.69, 9.17) is 0 Å². The Morgan fingerprint density at radius 3 is 1.29 bits per heavy atom. The summed E-state index contributed by atoms with van der Waals surface area (Å²) in [6.07, 6.45) is 9.52. The molecule has 0 saturated heterocycles. The van der Waals surface area contributed by atoms with Crippen molar-refractivity contribution in [3.63, 3.8) is 0 Å². The van der Waals surface area contributed by atoms with Crippen LogP contribution in [0.2, 0.25) is 0 Å². The highest BCUT2D eigenvalue weighted by molar-refractivity contribution is 6.12. The molecule has 12 rings (SSSR count). The molecule has 1 aliphatic rings. The van der Waals surface area contributed by atoms with Crippen molar-refractivity contribution in [3.8, 4) is 29.0 Å². The maximum absolute atomic E-state index is 9.70. The minimum Gasteiger partial charge on any atom is -0.313 e. The first kappa shape index (κ1) is 41.8. The van der Waals surface area contributed by atoms with E-state index in [9.17, 15) is 10.5 Å². The van der Waals surface area contributed by atoms with Gasteiger partial charge in [-0.15, -0.1) is 0 Å². The molecular weight excluding hydrogens is 853 g/mol. The number of rotatable bonds is 9. The maximum atomic E-state index is 9.70. The molecule has 0 unspecified atom stereocenters. The summed E-state index contributed by atoms with van der Waals surface area (Å²) < 4.78 is 4.73. The third-order valence-electron chi connectivity index (χ3n) is 13.5. The summed E-state index contributed by atoms with van der Waals surface area (Å²) in [5.41, 5.74) is 17.7. The van der Waals surface area contributed by atoms with Crippen LogP contribution in [0.3, 0.4) is 0 Å². The van der Waals surface area contributed by atoms with Gasteiger partial charge in [0.05, 0.1) is 45.3 Å². The van der Waals surface area contributed by atoms with Crippen LogP contribution < -0.4 is 9.80 Å². The molecule has 2 aromatic heterocycles. The zero-order valence-corrected chi connectivity index (χ0v) is 38.4. The molecule has 0 N–H and O–H groups in total. The highest BCUT2D eigenvalue weighted by atomic mass is 15.1. The predicted octanol–water partition coefficient (Wildman–Crippen LogP) is 17.0. The third-order valence-corrected chi connectivity index (χ3v) is 13.5. The van der Waals surface area contributed by atoms with Gasteiger partial charge in [0.2, 0.25) is 0 Å². The van der Waals surface area contributed by atoms with E-state index in [1.807, 2.05) is 54.6 Å². The van der Waals surface area contributed by atoms with E-state index in [0.29, 0.717) is 11.1 Å². The van der Waals surface area contributed by atoms with Crippen LogP contribution in [0.25, 0.3) is 66.1 Å². The molecule has 0 fully saturated rings. The second-order valence-corrected chi connectivity index (χ2v) is 17.8. The maximum Gasteiger partial charge on any atom is 0.0991 e. The fraction of sp³-hybridized carbons (Fsp3) is 0.0312. The van der Waals surface area contributed by atoms with Crippen molar-refractivity contribution in [1.82, 2.24) is 9.13 Å². The first-order valence-electron chi connectivity index (χ1n) is 23.5. The second-order valence-electron chi connectivity index (χ2n) is 17.8. The lowest BCUT2D eigenvalue weighted by molar-refractivity contribution is 1.09. The summed E-state index contributed by atoms with van der Waals surface area (Å²) in [5.74, 6) is 0. The van der Waals surface area contributed by atoms with E-state index in [1.165, 1.54) is 32.9 Å². The Morgan fingerprint density at radius 1 is 0.386 bits per heavy atom. The van der Waals surface area contributed by atoms with Crippen molar-refractivity contribution in [2.24, 2.45) is 0 Å². The zero-order valence-electron chi connectivity index (χ0n) is 38.4. The number of hydrogen-bond donors (Lipinski definition) is 0. The van der Waals surface area contributed by atoms with Crippen LogP contribution >= 0.6 is 0 Å². The molecular formula is C64H44N6. The molecule has 9 aromatic carbocycles. The van der Waals surface area contributed by atoms with Crippen molar-refractivity contribution in [2.75, 3.05) is 9.80 Å². The normalized spacial score (nSPS) is 12.4. The smallest absolute Gasteiger partial charge is 0.0991 e. The van der Waals surface area contributed by atoms with E-state index in [1.54, 1.807) is 0 Å². The molecule has 330 valence electrons. The van der Waals surface area contributed by atoms with E-state index in [2.05, 4.69) is 220 Å². The third kappa shape index (κ3) is 7.38. The Bertz CT molecular complexity index is 3970. The van der Waals surface area contributed by atoms with Gasteiger partial charge in [0.1, 0.15) is 0 Å². The lowest BCUT2D eigenvalue weighted by atomic mass is 10.0. The van der Waals surface area contributed by atoms with Gasteiger partial charge in [-0.05, 0) is 158 Å². The van der Waals surface area contributed by atoms with Crippen molar-refractivity contribution < 1.29 is 0 Å². The largest absolute Gasteiger partial charge is 0.313 e. The van der Waals surface area contributed by atoms with Gasteiger partial charge in [0.15, 0.2) is 0 Å². The van der Waals surface area contributed by atoms with Gasteiger partial charge < -0.3 is 18.9 Å². The minimum absolute atomic E-state index is 0.614.